The first-order valence-electron chi connectivity index (χ1n) is 6.64. The second-order valence-corrected chi connectivity index (χ2v) is 5.45. The number of rotatable bonds is 2. The first-order chi connectivity index (χ1) is 9.22. The third-order valence-electron chi connectivity index (χ3n) is 4.31. The largest absolute Gasteiger partial charge is 0.455 e. The van der Waals surface area contributed by atoms with E-state index in [1.807, 2.05) is 24.3 Å². The monoisotopic (exact) mass is 262 g/mol. The van der Waals surface area contributed by atoms with Gasteiger partial charge in [0, 0.05) is 0 Å². The van der Waals surface area contributed by atoms with Crippen molar-refractivity contribution in [1.82, 2.24) is 0 Å². The molecule has 19 heavy (non-hydrogen) atoms. The van der Waals surface area contributed by atoms with Crippen molar-refractivity contribution in [3.63, 3.8) is 0 Å². The smallest absolute Gasteiger partial charge is 0.348 e. The van der Waals surface area contributed by atoms with Crippen molar-refractivity contribution < 1.29 is 23.8 Å². The van der Waals surface area contributed by atoms with Gasteiger partial charge in [-0.2, -0.15) is 0 Å². The molecule has 0 N–H and O–H groups in total. The molecule has 3 heterocycles. The van der Waals surface area contributed by atoms with Gasteiger partial charge >= 0.3 is 11.9 Å². The summed E-state index contributed by atoms with van der Waals surface area (Å²) < 4.78 is 16.1. The van der Waals surface area contributed by atoms with Crippen LogP contribution in [0.3, 0.4) is 0 Å². The fourth-order valence-electron chi connectivity index (χ4n) is 3.30. The summed E-state index contributed by atoms with van der Waals surface area (Å²) in [5.41, 5.74) is 0. The molecule has 2 saturated heterocycles. The van der Waals surface area contributed by atoms with Gasteiger partial charge in [0.25, 0.3) is 0 Å². The number of fused-ring (bicyclic) bond motifs is 3. The number of hydrogen-bond donors (Lipinski definition) is 0. The molecular formula is C14H14O5. The Hall–Kier alpha value is -1.62. The number of hydrogen-bond acceptors (Lipinski definition) is 5. The van der Waals surface area contributed by atoms with E-state index in [9.17, 15) is 9.59 Å². The lowest BCUT2D eigenvalue weighted by atomic mass is 9.94. The summed E-state index contributed by atoms with van der Waals surface area (Å²) in [4.78, 5) is 23.9. The standard InChI is InChI=1S/C14H14O5/c15-13(9-6-7-4-5-11(9)17-7)19-12-8-2-1-3-10(8)18-14(12)16/h1,3-5,7-12H,2,6H2. The molecular weight excluding hydrogens is 248 g/mol. The Balaban J connectivity index is 1.45. The van der Waals surface area contributed by atoms with E-state index in [0.717, 1.165) is 6.42 Å². The molecule has 0 aromatic rings. The molecule has 5 heteroatoms. The Bertz CT molecular complexity index is 494. The van der Waals surface area contributed by atoms with Crippen LogP contribution in [0, 0.1) is 11.8 Å². The van der Waals surface area contributed by atoms with Crippen molar-refractivity contribution >= 4 is 11.9 Å². The molecule has 0 saturated carbocycles. The minimum Gasteiger partial charge on any atom is -0.455 e. The van der Waals surface area contributed by atoms with E-state index >= 15 is 0 Å². The number of carbonyl (C=O) groups excluding carboxylic acids is 2. The summed E-state index contributed by atoms with van der Waals surface area (Å²) in [6, 6.07) is 0. The maximum absolute atomic E-state index is 12.2. The summed E-state index contributed by atoms with van der Waals surface area (Å²) in [7, 11) is 0. The molecule has 4 rings (SSSR count). The van der Waals surface area contributed by atoms with E-state index in [-0.39, 0.29) is 36.1 Å². The lowest BCUT2D eigenvalue weighted by Crippen LogP contribution is -2.34. The van der Waals surface area contributed by atoms with Crippen LogP contribution in [-0.4, -0.2) is 36.4 Å². The minimum atomic E-state index is -0.754. The number of ether oxygens (including phenoxy) is 3. The predicted molar refractivity (Wildman–Crippen MR) is 62.9 cm³/mol. The van der Waals surface area contributed by atoms with Crippen molar-refractivity contribution in [2.24, 2.45) is 11.8 Å². The van der Waals surface area contributed by atoms with Crippen molar-refractivity contribution in [1.29, 1.82) is 0 Å². The minimum absolute atomic E-state index is 0.0268. The van der Waals surface area contributed by atoms with Crippen LogP contribution >= 0.6 is 0 Å². The van der Waals surface area contributed by atoms with Crippen LogP contribution in [0.15, 0.2) is 24.3 Å². The van der Waals surface area contributed by atoms with Crippen molar-refractivity contribution in [3.05, 3.63) is 24.3 Å². The van der Waals surface area contributed by atoms with Gasteiger partial charge in [-0.25, -0.2) is 4.79 Å². The molecule has 2 bridgehead atoms. The van der Waals surface area contributed by atoms with Gasteiger partial charge < -0.3 is 14.2 Å². The van der Waals surface area contributed by atoms with E-state index < -0.39 is 12.1 Å². The van der Waals surface area contributed by atoms with Gasteiger partial charge in [-0.1, -0.05) is 18.2 Å². The third-order valence-corrected chi connectivity index (χ3v) is 4.31. The Morgan fingerprint density at radius 3 is 2.89 bits per heavy atom. The summed E-state index contributed by atoms with van der Waals surface area (Å²) in [5, 5.41) is 0. The molecule has 0 amide bonds. The number of esters is 2. The Morgan fingerprint density at radius 1 is 1.26 bits per heavy atom. The van der Waals surface area contributed by atoms with Crippen LogP contribution in [0.4, 0.5) is 0 Å². The van der Waals surface area contributed by atoms with Crippen molar-refractivity contribution in [2.75, 3.05) is 0 Å². The Kier molecular flexibility index (Phi) is 2.33. The zero-order chi connectivity index (χ0) is 13.0. The average molecular weight is 262 g/mol. The second kappa shape index (κ2) is 3.93. The van der Waals surface area contributed by atoms with Crippen LogP contribution in [0.1, 0.15) is 12.8 Å². The van der Waals surface area contributed by atoms with Gasteiger partial charge in [-0.05, 0) is 18.9 Å². The maximum atomic E-state index is 12.2. The SMILES string of the molecule is O=C(OC1C(=O)OC2C=CCC21)C1CC2C=CC1O2. The molecule has 4 aliphatic rings. The van der Waals surface area contributed by atoms with Crippen LogP contribution in [-0.2, 0) is 23.8 Å². The quantitative estimate of drug-likeness (QED) is 0.542. The predicted octanol–water partition coefficient (Wildman–Crippen LogP) is 0.743. The van der Waals surface area contributed by atoms with E-state index in [2.05, 4.69) is 0 Å². The molecule has 5 nitrogen and oxygen atoms in total. The first kappa shape index (κ1) is 11.2. The summed E-state index contributed by atoms with van der Waals surface area (Å²) in [6.45, 7) is 0. The summed E-state index contributed by atoms with van der Waals surface area (Å²) >= 11 is 0. The van der Waals surface area contributed by atoms with Crippen LogP contribution < -0.4 is 0 Å². The van der Waals surface area contributed by atoms with Gasteiger partial charge in [0.1, 0.15) is 6.10 Å². The van der Waals surface area contributed by atoms with Gasteiger partial charge in [0.15, 0.2) is 0 Å². The van der Waals surface area contributed by atoms with Gasteiger partial charge in [-0.3, -0.25) is 4.79 Å². The van der Waals surface area contributed by atoms with Gasteiger partial charge in [-0.15, -0.1) is 0 Å². The van der Waals surface area contributed by atoms with E-state index in [1.165, 1.54) is 0 Å². The Labute approximate surface area is 110 Å². The zero-order valence-corrected chi connectivity index (χ0v) is 10.2. The highest BCUT2D eigenvalue weighted by molar-refractivity contribution is 5.83. The third kappa shape index (κ3) is 1.64. The molecule has 3 aliphatic heterocycles. The van der Waals surface area contributed by atoms with Crippen molar-refractivity contribution in [2.45, 2.75) is 37.3 Å². The van der Waals surface area contributed by atoms with Crippen LogP contribution in [0.5, 0.6) is 0 Å². The molecule has 6 unspecified atom stereocenters. The van der Waals surface area contributed by atoms with Gasteiger partial charge in [0.2, 0.25) is 6.10 Å². The number of carbonyl (C=O) groups is 2. The molecule has 100 valence electrons. The zero-order valence-electron chi connectivity index (χ0n) is 10.2. The van der Waals surface area contributed by atoms with Crippen molar-refractivity contribution in [3.8, 4) is 0 Å². The first-order valence-corrected chi connectivity index (χ1v) is 6.64. The molecule has 1 aliphatic carbocycles. The molecule has 6 atom stereocenters. The maximum Gasteiger partial charge on any atom is 0.348 e. The van der Waals surface area contributed by atoms with E-state index in [0.29, 0.717) is 6.42 Å². The lowest BCUT2D eigenvalue weighted by Gasteiger charge is -2.19. The normalized spacial score (nSPS) is 45.6. The molecule has 2 fully saturated rings. The molecule has 0 radical (unpaired) electrons. The topological polar surface area (TPSA) is 61.8 Å². The highest BCUT2D eigenvalue weighted by Crippen LogP contribution is 2.37. The van der Waals surface area contributed by atoms with Gasteiger partial charge in [0.05, 0.1) is 24.0 Å². The molecule has 0 aromatic carbocycles. The number of allylic oxidation sites excluding steroid dienone is 1. The molecule has 0 spiro atoms. The second-order valence-electron chi connectivity index (χ2n) is 5.45. The highest BCUT2D eigenvalue weighted by Gasteiger charge is 2.50. The summed E-state index contributed by atoms with van der Waals surface area (Å²) in [6.07, 6.45) is 7.92. The average Bonchev–Trinajstić information content (AvgIpc) is 3.12. The van der Waals surface area contributed by atoms with E-state index in [4.69, 9.17) is 14.2 Å². The molecule has 0 aromatic heterocycles. The fourth-order valence-corrected chi connectivity index (χ4v) is 3.30. The van der Waals surface area contributed by atoms with E-state index in [1.54, 1.807) is 0 Å². The highest BCUT2D eigenvalue weighted by atomic mass is 16.6. The van der Waals surface area contributed by atoms with Crippen LogP contribution in [0.2, 0.25) is 0 Å². The fraction of sp³-hybridized carbons (Fsp3) is 0.571. The Morgan fingerprint density at radius 2 is 2.16 bits per heavy atom. The van der Waals surface area contributed by atoms with Crippen LogP contribution in [0.25, 0.3) is 0 Å². The summed E-state index contributed by atoms with van der Waals surface area (Å²) in [5.74, 6) is -1.10. The lowest BCUT2D eigenvalue weighted by molar-refractivity contribution is -0.165.